The molecule has 5 nitrogen and oxygen atoms in total. The number of hydrogen-bond donors (Lipinski definition) is 1. The first-order chi connectivity index (χ1) is 11.5. The second-order valence-corrected chi connectivity index (χ2v) is 6.32. The predicted octanol–water partition coefficient (Wildman–Crippen LogP) is 3.85. The Balaban J connectivity index is 2.06. The fourth-order valence-corrected chi connectivity index (χ4v) is 2.75. The fourth-order valence-electron chi connectivity index (χ4n) is 2.49. The molecule has 0 spiro atoms. The molecule has 3 rings (SSSR count). The molecule has 0 radical (unpaired) electrons. The lowest BCUT2D eigenvalue weighted by molar-refractivity contribution is -0.112. The van der Waals surface area contributed by atoms with Crippen molar-refractivity contribution in [2.45, 2.75) is 13.1 Å². The third-order valence-electron chi connectivity index (χ3n) is 3.67. The van der Waals surface area contributed by atoms with Crippen molar-refractivity contribution in [1.29, 1.82) is 0 Å². The maximum Gasteiger partial charge on any atom is 0.206 e. The summed E-state index contributed by atoms with van der Waals surface area (Å²) in [6.07, 6.45) is -0.281. The standard InChI is InChI=1S/C17H16Cl2N4O/c1-11(24)16-21-23(15-9-7-14(19)8-10-15)17(20-22(16)2)12-3-5-13(18)6-4-12/h3-10,17,20H,1-2H3. The maximum atomic E-state index is 11.9. The number of halogens is 2. The van der Waals surface area contributed by atoms with Crippen molar-refractivity contribution < 1.29 is 4.79 Å². The van der Waals surface area contributed by atoms with Gasteiger partial charge in [-0.1, -0.05) is 35.3 Å². The number of nitrogens with one attached hydrogen (secondary N) is 1. The maximum absolute atomic E-state index is 11.9. The molecule has 7 heteroatoms. The Morgan fingerprint density at radius 2 is 1.58 bits per heavy atom. The average Bonchev–Trinajstić information content (AvgIpc) is 2.56. The molecular weight excluding hydrogens is 347 g/mol. The lowest BCUT2D eigenvalue weighted by Gasteiger charge is -2.39. The Morgan fingerprint density at radius 3 is 2.12 bits per heavy atom. The van der Waals surface area contributed by atoms with Crippen molar-refractivity contribution in [2.75, 3.05) is 12.1 Å². The van der Waals surface area contributed by atoms with Gasteiger partial charge in [-0.25, -0.2) is 10.4 Å². The van der Waals surface area contributed by atoms with Crippen LogP contribution in [0, 0.1) is 0 Å². The number of hydrazine groups is 1. The van der Waals surface area contributed by atoms with Crippen LogP contribution < -0.4 is 10.4 Å². The molecule has 1 aliphatic rings. The van der Waals surface area contributed by atoms with E-state index in [0.717, 1.165) is 11.3 Å². The number of nitrogens with zero attached hydrogens (tertiary/aromatic N) is 3. The highest BCUT2D eigenvalue weighted by atomic mass is 35.5. The van der Waals surface area contributed by atoms with Gasteiger partial charge in [0, 0.05) is 24.0 Å². The summed E-state index contributed by atoms with van der Waals surface area (Å²) < 4.78 is 0. The van der Waals surface area contributed by atoms with E-state index in [1.807, 2.05) is 36.4 Å². The van der Waals surface area contributed by atoms with Crippen molar-refractivity contribution in [1.82, 2.24) is 10.4 Å². The largest absolute Gasteiger partial charge is 0.291 e. The molecule has 0 aliphatic carbocycles. The molecule has 2 aromatic carbocycles. The van der Waals surface area contributed by atoms with E-state index in [0.29, 0.717) is 15.9 Å². The number of hydrazone groups is 1. The molecule has 1 N–H and O–H groups in total. The zero-order chi connectivity index (χ0) is 17.3. The zero-order valence-electron chi connectivity index (χ0n) is 13.2. The van der Waals surface area contributed by atoms with Gasteiger partial charge in [-0.15, -0.1) is 5.10 Å². The van der Waals surface area contributed by atoms with Crippen LogP contribution in [0.25, 0.3) is 0 Å². The van der Waals surface area contributed by atoms with Gasteiger partial charge in [0.1, 0.15) is 6.17 Å². The van der Waals surface area contributed by atoms with E-state index in [2.05, 4.69) is 10.5 Å². The lowest BCUT2D eigenvalue weighted by Crippen LogP contribution is -2.54. The summed E-state index contributed by atoms with van der Waals surface area (Å²) in [5, 5.41) is 9.22. The van der Waals surface area contributed by atoms with Crippen LogP contribution in [0.15, 0.2) is 53.6 Å². The number of carbonyl (C=O) groups excluding carboxylic acids is 1. The number of carbonyl (C=O) groups is 1. The van der Waals surface area contributed by atoms with Crippen LogP contribution in [-0.2, 0) is 4.79 Å². The molecule has 0 amide bonds. The van der Waals surface area contributed by atoms with E-state index in [9.17, 15) is 4.79 Å². The molecule has 124 valence electrons. The lowest BCUT2D eigenvalue weighted by atomic mass is 10.1. The van der Waals surface area contributed by atoms with Crippen LogP contribution in [0.1, 0.15) is 18.7 Å². The van der Waals surface area contributed by atoms with Crippen molar-refractivity contribution in [2.24, 2.45) is 5.10 Å². The Kier molecular flexibility index (Phi) is 4.76. The molecule has 24 heavy (non-hydrogen) atoms. The second kappa shape index (κ2) is 6.81. The number of Topliss-reactive ketones (excluding diaryl/α,β-unsaturated/α-hetero) is 1. The van der Waals surface area contributed by atoms with Crippen LogP contribution in [0.5, 0.6) is 0 Å². The first kappa shape index (κ1) is 16.8. The molecule has 2 aromatic rings. The third-order valence-corrected chi connectivity index (χ3v) is 4.18. The molecule has 1 atom stereocenters. The molecule has 1 heterocycles. The summed E-state index contributed by atoms with van der Waals surface area (Å²) in [5.41, 5.74) is 5.06. The van der Waals surface area contributed by atoms with Crippen LogP contribution >= 0.6 is 23.2 Å². The predicted molar refractivity (Wildman–Crippen MR) is 97.1 cm³/mol. The Labute approximate surface area is 150 Å². The van der Waals surface area contributed by atoms with E-state index < -0.39 is 0 Å². The second-order valence-electron chi connectivity index (χ2n) is 5.44. The molecule has 0 aromatic heterocycles. The number of ketones is 1. The summed E-state index contributed by atoms with van der Waals surface area (Å²) in [4.78, 5) is 11.9. The summed E-state index contributed by atoms with van der Waals surface area (Å²) in [6, 6.07) is 14.8. The first-order valence-corrected chi connectivity index (χ1v) is 8.11. The monoisotopic (exact) mass is 362 g/mol. The van der Waals surface area contributed by atoms with Crippen LogP contribution in [0.2, 0.25) is 10.0 Å². The van der Waals surface area contributed by atoms with E-state index >= 15 is 0 Å². The van der Waals surface area contributed by atoms with Gasteiger partial charge in [-0.2, -0.15) is 0 Å². The molecule has 1 aliphatic heterocycles. The first-order valence-electron chi connectivity index (χ1n) is 7.35. The van der Waals surface area contributed by atoms with Crippen LogP contribution in [0.4, 0.5) is 5.69 Å². The number of anilines is 1. The number of likely N-dealkylation sites (N-methyl/N-ethyl adjacent to an activating group) is 1. The molecule has 0 bridgehead atoms. The minimum absolute atomic E-state index is 0.126. The van der Waals surface area contributed by atoms with Crippen LogP contribution in [-0.4, -0.2) is 23.7 Å². The Morgan fingerprint density at radius 1 is 1.04 bits per heavy atom. The minimum Gasteiger partial charge on any atom is -0.291 e. The highest BCUT2D eigenvalue weighted by Crippen LogP contribution is 2.30. The Bertz CT molecular complexity index is 774. The van der Waals surface area contributed by atoms with Crippen molar-refractivity contribution in [3.63, 3.8) is 0 Å². The summed E-state index contributed by atoms with van der Waals surface area (Å²) in [6.45, 7) is 1.49. The normalized spacial score (nSPS) is 17.7. The zero-order valence-corrected chi connectivity index (χ0v) is 14.7. The smallest absolute Gasteiger partial charge is 0.206 e. The third kappa shape index (κ3) is 3.38. The van der Waals surface area contributed by atoms with Gasteiger partial charge in [0.05, 0.1) is 5.69 Å². The molecule has 0 saturated heterocycles. The van der Waals surface area contributed by atoms with Crippen molar-refractivity contribution in [3.05, 3.63) is 64.1 Å². The van der Waals surface area contributed by atoms with Gasteiger partial charge in [0.15, 0.2) is 5.78 Å². The van der Waals surface area contributed by atoms with Gasteiger partial charge in [0.2, 0.25) is 5.84 Å². The van der Waals surface area contributed by atoms with E-state index in [-0.39, 0.29) is 11.9 Å². The van der Waals surface area contributed by atoms with Crippen molar-refractivity contribution >= 4 is 40.5 Å². The quantitative estimate of drug-likeness (QED) is 0.900. The SMILES string of the molecule is CC(=O)C1=NN(c2ccc(Cl)cc2)C(c2ccc(Cl)cc2)NN1C. The van der Waals surface area contributed by atoms with Crippen molar-refractivity contribution in [3.8, 4) is 0 Å². The summed E-state index contributed by atoms with van der Waals surface area (Å²) in [7, 11) is 1.77. The molecular formula is C17H16Cl2N4O. The molecule has 0 fully saturated rings. The van der Waals surface area contributed by atoms with Crippen LogP contribution in [0.3, 0.4) is 0 Å². The Hall–Kier alpha value is -2.08. The van der Waals surface area contributed by atoms with Gasteiger partial charge in [0.25, 0.3) is 0 Å². The molecule has 0 saturated carbocycles. The number of benzene rings is 2. The number of amidine groups is 1. The van der Waals surface area contributed by atoms with E-state index in [1.54, 1.807) is 29.2 Å². The van der Waals surface area contributed by atoms with Gasteiger partial charge in [-0.05, 0) is 42.0 Å². The average molecular weight is 363 g/mol. The topological polar surface area (TPSA) is 47.9 Å². The highest BCUT2D eigenvalue weighted by Gasteiger charge is 2.30. The summed E-state index contributed by atoms with van der Waals surface area (Å²) >= 11 is 12.0. The minimum atomic E-state index is -0.281. The highest BCUT2D eigenvalue weighted by molar-refractivity contribution is 6.37. The number of rotatable bonds is 3. The fraction of sp³-hybridized carbons (Fsp3) is 0.176. The molecule has 1 unspecified atom stereocenters. The van der Waals surface area contributed by atoms with E-state index in [1.165, 1.54) is 6.92 Å². The number of hydrogen-bond acceptors (Lipinski definition) is 5. The van der Waals surface area contributed by atoms with E-state index in [4.69, 9.17) is 23.2 Å². The van der Waals surface area contributed by atoms with Gasteiger partial charge < -0.3 is 0 Å². The summed E-state index contributed by atoms with van der Waals surface area (Å²) in [5.74, 6) is 0.202. The van der Waals surface area contributed by atoms with Gasteiger partial charge in [-0.3, -0.25) is 9.80 Å². The van der Waals surface area contributed by atoms with Gasteiger partial charge >= 0.3 is 0 Å².